The van der Waals surface area contributed by atoms with Crippen LogP contribution in [0.1, 0.15) is 48.4 Å². The van der Waals surface area contributed by atoms with Crippen LogP contribution in [0.3, 0.4) is 0 Å². The summed E-state index contributed by atoms with van der Waals surface area (Å²) >= 11 is 12.3. The summed E-state index contributed by atoms with van der Waals surface area (Å²) in [6.07, 6.45) is 4.30. The minimum atomic E-state index is -3.65. The number of fused-ring (bicyclic) bond motifs is 1. The van der Waals surface area contributed by atoms with E-state index in [-0.39, 0.29) is 30.2 Å². The maximum absolute atomic E-state index is 13.1. The van der Waals surface area contributed by atoms with Crippen molar-refractivity contribution in [1.82, 2.24) is 9.62 Å². The molecule has 1 fully saturated rings. The first kappa shape index (κ1) is 22.6. The Bertz CT molecular complexity index is 1050. The van der Waals surface area contributed by atoms with Crippen LogP contribution in [0, 0.1) is 5.92 Å². The number of carbonyl (C=O) groups is 1. The van der Waals surface area contributed by atoms with Gasteiger partial charge in [0.2, 0.25) is 15.9 Å². The van der Waals surface area contributed by atoms with E-state index in [9.17, 15) is 13.2 Å². The van der Waals surface area contributed by atoms with Crippen LogP contribution in [-0.4, -0.2) is 31.7 Å². The third-order valence-corrected chi connectivity index (χ3v) is 8.70. The summed E-state index contributed by atoms with van der Waals surface area (Å²) in [5.41, 5.74) is 2.86. The average Bonchev–Trinajstić information content (AvgIpc) is 2.77. The van der Waals surface area contributed by atoms with Gasteiger partial charge in [0.25, 0.3) is 0 Å². The van der Waals surface area contributed by atoms with Crippen molar-refractivity contribution >= 4 is 39.1 Å². The summed E-state index contributed by atoms with van der Waals surface area (Å²) in [6.45, 7) is 0.588. The van der Waals surface area contributed by atoms with E-state index >= 15 is 0 Å². The van der Waals surface area contributed by atoms with Gasteiger partial charge in [0.05, 0.1) is 17.7 Å². The number of rotatable bonds is 5. The number of sulfonamides is 1. The molecule has 2 aliphatic rings. The van der Waals surface area contributed by atoms with E-state index < -0.39 is 10.0 Å². The highest BCUT2D eigenvalue weighted by molar-refractivity contribution is 7.88. The largest absolute Gasteiger partial charge is 0.349 e. The topological polar surface area (TPSA) is 66.5 Å². The number of carbonyl (C=O) groups excluding carboxylic acids is 1. The Balaban J connectivity index is 1.44. The maximum Gasteiger partial charge on any atom is 0.224 e. The number of nitrogens with zero attached hydrogens (tertiary/aromatic N) is 1. The smallest absolute Gasteiger partial charge is 0.224 e. The van der Waals surface area contributed by atoms with E-state index in [2.05, 4.69) is 17.4 Å². The van der Waals surface area contributed by atoms with Gasteiger partial charge in [0.1, 0.15) is 0 Å². The minimum Gasteiger partial charge on any atom is -0.349 e. The lowest BCUT2D eigenvalue weighted by Crippen LogP contribution is -2.46. The summed E-state index contributed by atoms with van der Waals surface area (Å²) in [5.74, 6) is -0.702. The molecule has 0 saturated carbocycles. The normalized spacial score (nSPS) is 22.0. The molecule has 0 radical (unpaired) electrons. The lowest BCUT2D eigenvalue weighted by Gasteiger charge is -2.33. The average molecular weight is 481 g/mol. The van der Waals surface area contributed by atoms with Gasteiger partial charge >= 0.3 is 0 Å². The second kappa shape index (κ2) is 9.49. The summed E-state index contributed by atoms with van der Waals surface area (Å²) in [7, 11) is -3.65. The maximum atomic E-state index is 13.1. The van der Waals surface area contributed by atoms with Crippen LogP contribution < -0.4 is 5.32 Å². The second-order valence-corrected chi connectivity index (χ2v) is 11.1. The van der Waals surface area contributed by atoms with E-state index in [1.165, 1.54) is 15.4 Å². The quantitative estimate of drug-likeness (QED) is 0.672. The summed E-state index contributed by atoms with van der Waals surface area (Å²) in [4.78, 5) is 13.0. The summed E-state index contributed by atoms with van der Waals surface area (Å²) in [5, 5.41) is 3.85. The van der Waals surface area contributed by atoms with Gasteiger partial charge in [-0.1, -0.05) is 53.5 Å². The lowest BCUT2D eigenvalue weighted by molar-refractivity contribution is -0.127. The highest BCUT2D eigenvalue weighted by atomic mass is 35.5. The van der Waals surface area contributed by atoms with Gasteiger partial charge in [0.15, 0.2) is 0 Å². The third kappa shape index (κ3) is 5.08. The fourth-order valence-corrected chi connectivity index (χ4v) is 6.91. The first-order valence-electron chi connectivity index (χ1n) is 10.6. The molecule has 5 nitrogen and oxygen atoms in total. The van der Waals surface area contributed by atoms with Crippen LogP contribution in [-0.2, 0) is 27.0 Å². The molecule has 1 heterocycles. The molecule has 8 heteroatoms. The molecule has 2 aromatic carbocycles. The van der Waals surface area contributed by atoms with E-state index in [0.29, 0.717) is 35.0 Å². The summed E-state index contributed by atoms with van der Waals surface area (Å²) < 4.78 is 27.5. The number of hydrogen-bond acceptors (Lipinski definition) is 3. The van der Waals surface area contributed by atoms with Crippen LogP contribution in [0.4, 0.5) is 0 Å². The molecule has 1 N–H and O–H groups in total. The molecular formula is C23H26Cl2N2O3S. The number of halogens is 2. The molecule has 1 aliphatic heterocycles. The third-order valence-electron chi connectivity index (χ3n) is 6.22. The van der Waals surface area contributed by atoms with E-state index in [4.69, 9.17) is 23.2 Å². The van der Waals surface area contributed by atoms with Gasteiger partial charge in [0, 0.05) is 28.7 Å². The van der Waals surface area contributed by atoms with Gasteiger partial charge in [-0.15, -0.1) is 0 Å². The van der Waals surface area contributed by atoms with Crippen LogP contribution in [0.2, 0.25) is 10.0 Å². The predicted octanol–water partition coefficient (Wildman–Crippen LogP) is 4.73. The SMILES string of the molecule is O=C(N[C@H]1CCCc2ccccc21)[C@H]1CCCN(S(=O)(=O)Cc2c(Cl)cccc2Cl)C1. The van der Waals surface area contributed by atoms with Crippen molar-refractivity contribution in [2.75, 3.05) is 13.1 Å². The van der Waals surface area contributed by atoms with Crippen molar-refractivity contribution in [1.29, 1.82) is 0 Å². The number of aryl methyl sites for hydroxylation is 1. The van der Waals surface area contributed by atoms with E-state index in [1.54, 1.807) is 18.2 Å². The number of nitrogens with one attached hydrogen (secondary N) is 1. The fourth-order valence-electron chi connectivity index (χ4n) is 4.55. The number of hydrogen-bond donors (Lipinski definition) is 1. The predicted molar refractivity (Wildman–Crippen MR) is 124 cm³/mol. The number of benzene rings is 2. The Morgan fingerprint density at radius 3 is 2.55 bits per heavy atom. The second-order valence-electron chi connectivity index (χ2n) is 8.31. The highest BCUT2D eigenvalue weighted by Crippen LogP contribution is 2.31. The zero-order valence-electron chi connectivity index (χ0n) is 17.2. The van der Waals surface area contributed by atoms with Gasteiger partial charge in [-0.25, -0.2) is 12.7 Å². The molecule has 1 amide bonds. The molecule has 0 spiro atoms. The molecule has 2 atom stereocenters. The zero-order valence-corrected chi connectivity index (χ0v) is 19.5. The zero-order chi connectivity index (χ0) is 22.0. The Morgan fingerprint density at radius 2 is 1.77 bits per heavy atom. The van der Waals surface area contributed by atoms with E-state index in [1.807, 2.05) is 12.1 Å². The monoisotopic (exact) mass is 480 g/mol. The van der Waals surface area contributed by atoms with Crippen LogP contribution >= 0.6 is 23.2 Å². The Kier molecular flexibility index (Phi) is 6.92. The Hall–Kier alpha value is -1.60. The summed E-state index contributed by atoms with van der Waals surface area (Å²) in [6, 6.07) is 13.2. The Morgan fingerprint density at radius 1 is 1.03 bits per heavy atom. The lowest BCUT2D eigenvalue weighted by atomic mass is 9.87. The van der Waals surface area contributed by atoms with Crippen LogP contribution in [0.5, 0.6) is 0 Å². The van der Waals surface area contributed by atoms with Crippen molar-refractivity contribution < 1.29 is 13.2 Å². The molecule has 31 heavy (non-hydrogen) atoms. The molecule has 2 aromatic rings. The standard InChI is InChI=1S/C23H26Cl2N2O3S/c24-20-10-4-11-21(25)19(20)15-31(29,30)27-13-5-8-17(14-27)23(28)26-22-12-3-7-16-6-1-2-9-18(16)22/h1-2,4,6,9-11,17,22H,3,5,7-8,12-15H2,(H,26,28)/t17-,22-/m0/s1. The molecule has 1 saturated heterocycles. The van der Waals surface area contributed by atoms with Crippen molar-refractivity contribution in [3.63, 3.8) is 0 Å². The van der Waals surface area contributed by atoms with E-state index in [0.717, 1.165) is 19.3 Å². The molecular weight excluding hydrogens is 455 g/mol. The molecule has 0 unspecified atom stereocenters. The molecule has 1 aliphatic carbocycles. The van der Waals surface area contributed by atoms with Crippen LogP contribution in [0.15, 0.2) is 42.5 Å². The Labute approximate surface area is 193 Å². The van der Waals surface area contributed by atoms with Crippen molar-refractivity contribution in [2.24, 2.45) is 5.92 Å². The van der Waals surface area contributed by atoms with Gasteiger partial charge in [-0.2, -0.15) is 0 Å². The minimum absolute atomic E-state index is 0.00799. The van der Waals surface area contributed by atoms with Gasteiger partial charge < -0.3 is 5.32 Å². The van der Waals surface area contributed by atoms with Gasteiger partial charge in [-0.05, 0) is 55.4 Å². The first-order valence-corrected chi connectivity index (χ1v) is 13.0. The molecule has 0 bridgehead atoms. The van der Waals surface area contributed by atoms with Gasteiger partial charge in [-0.3, -0.25) is 4.79 Å². The fraction of sp³-hybridized carbons (Fsp3) is 0.435. The molecule has 0 aromatic heterocycles. The van der Waals surface area contributed by atoms with Crippen LogP contribution in [0.25, 0.3) is 0 Å². The first-order chi connectivity index (χ1) is 14.8. The van der Waals surface area contributed by atoms with Crippen molar-refractivity contribution in [3.8, 4) is 0 Å². The highest BCUT2D eigenvalue weighted by Gasteiger charge is 2.34. The van der Waals surface area contributed by atoms with Crippen molar-refractivity contribution in [3.05, 3.63) is 69.2 Å². The number of piperidine rings is 1. The van der Waals surface area contributed by atoms with Crippen molar-refractivity contribution in [2.45, 2.75) is 43.9 Å². The molecule has 4 rings (SSSR count). The number of amides is 1. The molecule has 166 valence electrons.